The van der Waals surface area contributed by atoms with Crippen molar-refractivity contribution in [2.75, 3.05) is 4.72 Å². The van der Waals surface area contributed by atoms with Gasteiger partial charge in [0.2, 0.25) is 5.13 Å². The number of nitrogens with zero attached hydrogens (tertiary/aromatic N) is 2. The smallest absolute Gasteiger partial charge is 0.335 e. The van der Waals surface area contributed by atoms with Gasteiger partial charge in [0.05, 0.1) is 10.5 Å². The van der Waals surface area contributed by atoms with E-state index in [9.17, 15) is 13.2 Å². The number of sulfonamides is 1. The Hall–Kier alpha value is -2.00. The maximum atomic E-state index is 12.2. The summed E-state index contributed by atoms with van der Waals surface area (Å²) in [5.74, 6) is -1.17. The van der Waals surface area contributed by atoms with Gasteiger partial charge in [0, 0.05) is 0 Å². The average Bonchev–Trinajstić information content (AvgIpc) is 2.79. The summed E-state index contributed by atoms with van der Waals surface area (Å²) < 4.78 is 26.7. The van der Waals surface area contributed by atoms with Gasteiger partial charge >= 0.3 is 5.97 Å². The lowest BCUT2D eigenvalue weighted by Crippen LogP contribution is -2.15. The Morgan fingerprint density at radius 3 is 2.55 bits per heavy atom. The van der Waals surface area contributed by atoms with E-state index in [-0.39, 0.29) is 15.6 Å². The molecule has 0 saturated heterocycles. The van der Waals surface area contributed by atoms with Gasteiger partial charge in [0.1, 0.15) is 5.51 Å². The van der Waals surface area contributed by atoms with E-state index < -0.39 is 16.0 Å². The van der Waals surface area contributed by atoms with E-state index >= 15 is 0 Å². The van der Waals surface area contributed by atoms with Gasteiger partial charge in [-0.3, -0.25) is 4.72 Å². The van der Waals surface area contributed by atoms with E-state index in [2.05, 4.69) is 14.9 Å². The normalized spacial score (nSPS) is 11.3. The van der Waals surface area contributed by atoms with Crippen molar-refractivity contribution in [1.29, 1.82) is 0 Å². The molecule has 20 heavy (non-hydrogen) atoms. The molecule has 0 radical (unpaired) electrons. The molecule has 0 aliphatic heterocycles. The van der Waals surface area contributed by atoms with Crippen LogP contribution in [0.25, 0.3) is 0 Å². The van der Waals surface area contributed by atoms with Gasteiger partial charge in [-0.15, -0.1) is 10.2 Å². The molecule has 0 atom stereocenters. The highest BCUT2D eigenvalue weighted by Gasteiger charge is 2.21. The van der Waals surface area contributed by atoms with E-state index in [1.165, 1.54) is 11.6 Å². The highest BCUT2D eigenvalue weighted by atomic mass is 32.2. The third-order valence-corrected chi connectivity index (χ3v) is 4.84. The molecule has 2 aromatic rings. The summed E-state index contributed by atoms with van der Waals surface area (Å²) in [6.45, 7) is 3.22. The zero-order valence-corrected chi connectivity index (χ0v) is 12.2. The third-order valence-electron chi connectivity index (χ3n) is 2.62. The highest BCUT2D eigenvalue weighted by Crippen LogP contribution is 2.23. The predicted molar refractivity (Wildman–Crippen MR) is 73.6 cm³/mol. The molecule has 2 rings (SSSR count). The second-order valence-corrected chi connectivity index (χ2v) is 6.57. The molecule has 0 saturated carbocycles. The summed E-state index contributed by atoms with van der Waals surface area (Å²) in [7, 11) is -3.89. The lowest BCUT2D eigenvalue weighted by Gasteiger charge is -2.10. The maximum Gasteiger partial charge on any atom is 0.335 e. The molecule has 106 valence electrons. The topological polar surface area (TPSA) is 109 Å². The van der Waals surface area contributed by atoms with E-state index in [4.69, 9.17) is 5.11 Å². The fourth-order valence-corrected chi connectivity index (χ4v) is 3.69. The van der Waals surface area contributed by atoms with Crippen molar-refractivity contribution in [2.24, 2.45) is 0 Å². The molecule has 0 bridgehead atoms. The van der Waals surface area contributed by atoms with Crippen LogP contribution in [0.3, 0.4) is 0 Å². The number of hydrogen-bond acceptors (Lipinski definition) is 6. The fraction of sp³-hybridized carbons (Fsp3) is 0.182. The monoisotopic (exact) mass is 313 g/mol. The summed E-state index contributed by atoms with van der Waals surface area (Å²) in [6.07, 6.45) is 0. The van der Waals surface area contributed by atoms with Crippen molar-refractivity contribution in [3.05, 3.63) is 34.3 Å². The van der Waals surface area contributed by atoms with Crippen LogP contribution in [0.5, 0.6) is 0 Å². The third kappa shape index (κ3) is 2.78. The molecule has 0 spiro atoms. The number of rotatable bonds is 4. The largest absolute Gasteiger partial charge is 0.478 e. The van der Waals surface area contributed by atoms with Crippen molar-refractivity contribution in [2.45, 2.75) is 18.7 Å². The zero-order chi connectivity index (χ0) is 14.9. The standard InChI is InChI=1S/C11H11N3O4S2/c1-6-3-7(2)9(4-8(6)10(15)16)20(17,18)14-11-13-12-5-19-11/h3-5H,1-2H3,(H,13,14)(H,15,16). The van der Waals surface area contributed by atoms with E-state index in [1.807, 2.05) is 0 Å². The first-order valence-corrected chi connectivity index (χ1v) is 7.81. The Balaban J connectivity index is 2.51. The first-order chi connectivity index (χ1) is 9.31. The summed E-state index contributed by atoms with van der Waals surface area (Å²) in [6, 6.07) is 2.68. The number of nitrogens with one attached hydrogen (secondary N) is 1. The Morgan fingerprint density at radius 2 is 2.00 bits per heavy atom. The minimum atomic E-state index is -3.89. The molecule has 0 amide bonds. The van der Waals surface area contributed by atoms with E-state index in [0.717, 1.165) is 17.4 Å². The lowest BCUT2D eigenvalue weighted by molar-refractivity contribution is 0.0696. The summed E-state index contributed by atoms with van der Waals surface area (Å²) in [5.41, 5.74) is 2.31. The van der Waals surface area contributed by atoms with E-state index in [0.29, 0.717) is 11.1 Å². The lowest BCUT2D eigenvalue weighted by atomic mass is 10.1. The minimum absolute atomic E-state index is 0.0479. The molecular formula is C11H11N3O4S2. The Morgan fingerprint density at radius 1 is 1.30 bits per heavy atom. The van der Waals surface area contributed by atoms with Crippen LogP contribution in [-0.4, -0.2) is 29.7 Å². The minimum Gasteiger partial charge on any atom is -0.478 e. The average molecular weight is 313 g/mol. The molecule has 0 aliphatic carbocycles. The van der Waals surface area contributed by atoms with Gasteiger partial charge in [-0.1, -0.05) is 17.4 Å². The number of carbonyl (C=O) groups is 1. The number of aryl methyl sites for hydroxylation is 2. The molecular weight excluding hydrogens is 302 g/mol. The number of benzene rings is 1. The molecule has 1 aromatic carbocycles. The quantitative estimate of drug-likeness (QED) is 0.888. The number of carboxylic acids is 1. The number of aromatic carboxylic acids is 1. The molecule has 1 heterocycles. The van der Waals surface area contributed by atoms with Gasteiger partial charge < -0.3 is 5.11 Å². The fourth-order valence-electron chi connectivity index (χ4n) is 1.74. The van der Waals surface area contributed by atoms with Crippen LogP contribution in [-0.2, 0) is 10.0 Å². The van der Waals surface area contributed by atoms with Crippen LogP contribution < -0.4 is 4.72 Å². The second-order valence-electron chi connectivity index (χ2n) is 4.09. The van der Waals surface area contributed by atoms with Crippen molar-refractivity contribution in [3.8, 4) is 0 Å². The Bertz CT molecular complexity index is 754. The first kappa shape index (κ1) is 14.4. The number of aromatic nitrogens is 2. The number of carboxylic acid groups (broad SMARTS) is 1. The highest BCUT2D eigenvalue weighted by molar-refractivity contribution is 7.93. The number of hydrogen-bond donors (Lipinski definition) is 2. The molecule has 0 aliphatic rings. The zero-order valence-electron chi connectivity index (χ0n) is 10.6. The van der Waals surface area contributed by atoms with Crippen LogP contribution in [0.15, 0.2) is 22.5 Å². The summed E-state index contributed by atoms with van der Waals surface area (Å²) in [5, 5.41) is 16.3. The van der Waals surface area contributed by atoms with Gasteiger partial charge in [-0.2, -0.15) is 0 Å². The first-order valence-electron chi connectivity index (χ1n) is 5.45. The van der Waals surface area contributed by atoms with Gasteiger partial charge in [-0.25, -0.2) is 13.2 Å². The van der Waals surface area contributed by atoms with E-state index in [1.54, 1.807) is 13.8 Å². The maximum absolute atomic E-state index is 12.2. The molecule has 9 heteroatoms. The summed E-state index contributed by atoms with van der Waals surface area (Å²) in [4.78, 5) is 11.0. The molecule has 1 aromatic heterocycles. The molecule has 7 nitrogen and oxygen atoms in total. The predicted octanol–water partition coefficient (Wildman–Crippen LogP) is 1.65. The second kappa shape index (κ2) is 5.17. The van der Waals surface area contributed by atoms with Crippen LogP contribution in [0, 0.1) is 13.8 Å². The Labute approximate surface area is 119 Å². The van der Waals surface area contributed by atoms with Crippen LogP contribution >= 0.6 is 11.3 Å². The molecule has 0 fully saturated rings. The SMILES string of the molecule is Cc1cc(C)c(S(=O)(=O)Nc2nncs2)cc1C(=O)O. The van der Waals surface area contributed by atoms with Crippen molar-refractivity contribution >= 4 is 32.5 Å². The van der Waals surface area contributed by atoms with Gasteiger partial charge in [-0.05, 0) is 31.0 Å². The molecule has 0 unspecified atom stereocenters. The van der Waals surface area contributed by atoms with Crippen LogP contribution in [0.2, 0.25) is 0 Å². The van der Waals surface area contributed by atoms with Crippen LogP contribution in [0.1, 0.15) is 21.5 Å². The van der Waals surface area contributed by atoms with Crippen molar-refractivity contribution in [1.82, 2.24) is 10.2 Å². The number of anilines is 1. The van der Waals surface area contributed by atoms with Gasteiger partial charge in [0.25, 0.3) is 10.0 Å². The van der Waals surface area contributed by atoms with Crippen molar-refractivity contribution < 1.29 is 18.3 Å². The van der Waals surface area contributed by atoms with Crippen LogP contribution in [0.4, 0.5) is 5.13 Å². The van der Waals surface area contributed by atoms with Gasteiger partial charge in [0.15, 0.2) is 0 Å². The van der Waals surface area contributed by atoms with Crippen molar-refractivity contribution in [3.63, 3.8) is 0 Å². The summed E-state index contributed by atoms with van der Waals surface area (Å²) >= 11 is 1.04. The Kier molecular flexibility index (Phi) is 3.73. The molecule has 2 N–H and O–H groups in total.